The number of nitrogens with one attached hydrogen (secondary N) is 1. The van der Waals surface area contributed by atoms with Crippen molar-refractivity contribution in [2.45, 2.75) is 334 Å². The van der Waals surface area contributed by atoms with E-state index in [-0.39, 0.29) is 18.5 Å². The number of carbonyl (C=O) groups is 2. The van der Waals surface area contributed by atoms with Gasteiger partial charge >= 0.3 is 5.97 Å². The fourth-order valence-electron chi connectivity index (χ4n) is 9.11. The largest absolute Gasteiger partial charge is 0.466 e. The summed E-state index contributed by atoms with van der Waals surface area (Å²) in [6.07, 6.45) is 64.0. The third kappa shape index (κ3) is 50.0. The van der Waals surface area contributed by atoms with Gasteiger partial charge in [-0.15, -0.1) is 0 Å². The van der Waals surface area contributed by atoms with Gasteiger partial charge in [0, 0.05) is 12.8 Å². The molecule has 0 bridgehead atoms. The molecule has 2 atom stereocenters. The minimum atomic E-state index is -0.840. The first-order chi connectivity index (χ1) is 31.5. The van der Waals surface area contributed by atoms with E-state index >= 15 is 0 Å². The Morgan fingerprint density at radius 3 is 1.06 bits per heavy atom. The van der Waals surface area contributed by atoms with Crippen molar-refractivity contribution < 1.29 is 24.5 Å². The molecule has 0 heterocycles. The maximum absolute atomic E-state index is 12.4. The summed E-state index contributed by atoms with van der Waals surface area (Å²) in [6.45, 7) is 4.89. The molecule has 3 N–H and O–H groups in total. The van der Waals surface area contributed by atoms with Crippen LogP contribution in [0.2, 0.25) is 0 Å². The van der Waals surface area contributed by atoms with Crippen LogP contribution >= 0.6 is 0 Å². The van der Waals surface area contributed by atoms with Crippen LogP contribution in [0.4, 0.5) is 0 Å². The van der Waals surface area contributed by atoms with Crippen LogP contribution < -0.4 is 5.32 Å². The number of allylic oxidation sites excluding steroid dienone is 1. The van der Waals surface area contributed by atoms with Crippen molar-refractivity contribution in [3.05, 3.63) is 12.2 Å². The zero-order valence-corrected chi connectivity index (χ0v) is 43.3. The molecule has 0 saturated heterocycles. The monoisotopic (exact) mass is 904 g/mol. The Hall–Kier alpha value is -1.40. The summed E-state index contributed by atoms with van der Waals surface area (Å²) < 4.78 is 5.48. The van der Waals surface area contributed by atoms with Gasteiger partial charge in [-0.1, -0.05) is 289 Å². The summed E-state index contributed by atoms with van der Waals surface area (Å²) in [5.74, 6) is -0.0503. The van der Waals surface area contributed by atoms with Gasteiger partial charge in [-0.2, -0.15) is 0 Å². The smallest absolute Gasteiger partial charge is 0.305 e. The van der Waals surface area contributed by atoms with Gasteiger partial charge in [0.15, 0.2) is 0 Å². The standard InChI is InChI=1S/C58H113NO5/c1-3-5-7-9-11-13-14-28-32-36-40-44-48-52-58(63)64-53-49-45-41-37-33-30-27-25-23-21-19-17-15-16-18-20-22-24-26-29-31-35-39-43-47-51-57(62)59-55(54-60)56(61)50-46-42-38-34-12-10-8-6-4-2/h46,50,55-56,60-61H,3-45,47-49,51-54H2,1-2H3,(H,59,62)/b50-46+. The highest BCUT2D eigenvalue weighted by atomic mass is 16.5. The summed E-state index contributed by atoms with van der Waals surface area (Å²) in [4.78, 5) is 24.4. The van der Waals surface area contributed by atoms with Crippen molar-refractivity contribution in [3.63, 3.8) is 0 Å². The summed E-state index contributed by atoms with van der Waals surface area (Å²) >= 11 is 0. The van der Waals surface area contributed by atoms with Gasteiger partial charge in [0.1, 0.15) is 0 Å². The van der Waals surface area contributed by atoms with Gasteiger partial charge in [-0.05, 0) is 32.1 Å². The van der Waals surface area contributed by atoms with Crippen LogP contribution in [0.25, 0.3) is 0 Å². The maximum Gasteiger partial charge on any atom is 0.305 e. The zero-order chi connectivity index (χ0) is 46.5. The number of unbranched alkanes of at least 4 members (excludes halogenated alkanes) is 43. The SMILES string of the molecule is CCCCCCCCC/C=C/C(O)C(CO)NC(=O)CCCCCCCCCCCCCCCCCCCCCCCCCCCOC(=O)CCCCCCCCCCCCCCC. The van der Waals surface area contributed by atoms with Crippen LogP contribution in [0.15, 0.2) is 12.2 Å². The van der Waals surface area contributed by atoms with Gasteiger partial charge in [-0.25, -0.2) is 0 Å². The van der Waals surface area contributed by atoms with Crippen molar-refractivity contribution in [1.82, 2.24) is 5.32 Å². The highest BCUT2D eigenvalue weighted by Gasteiger charge is 2.18. The van der Waals surface area contributed by atoms with Crippen LogP contribution in [-0.4, -0.2) is 47.4 Å². The molecule has 380 valence electrons. The van der Waals surface area contributed by atoms with Crippen molar-refractivity contribution in [3.8, 4) is 0 Å². The maximum atomic E-state index is 12.4. The molecule has 2 unspecified atom stereocenters. The molecule has 0 aliphatic rings. The highest BCUT2D eigenvalue weighted by Crippen LogP contribution is 2.18. The average molecular weight is 905 g/mol. The zero-order valence-electron chi connectivity index (χ0n) is 43.3. The number of aliphatic hydroxyl groups excluding tert-OH is 2. The quantitative estimate of drug-likeness (QED) is 0.0321. The molecule has 0 saturated carbocycles. The van der Waals surface area contributed by atoms with Gasteiger partial charge in [0.05, 0.1) is 25.4 Å². The molecular weight excluding hydrogens is 791 g/mol. The second-order valence-electron chi connectivity index (χ2n) is 20.0. The van der Waals surface area contributed by atoms with Gasteiger partial charge in [-0.3, -0.25) is 9.59 Å². The van der Waals surface area contributed by atoms with Gasteiger partial charge < -0.3 is 20.3 Å². The molecule has 0 aliphatic heterocycles. The van der Waals surface area contributed by atoms with Crippen LogP contribution in [0.3, 0.4) is 0 Å². The molecule has 0 spiro atoms. The van der Waals surface area contributed by atoms with E-state index in [0.29, 0.717) is 19.4 Å². The van der Waals surface area contributed by atoms with Crippen molar-refractivity contribution in [2.24, 2.45) is 0 Å². The molecule has 1 amide bonds. The number of ether oxygens (including phenoxy) is 1. The van der Waals surface area contributed by atoms with Gasteiger partial charge in [0.2, 0.25) is 5.91 Å². The molecule has 0 aromatic rings. The highest BCUT2D eigenvalue weighted by molar-refractivity contribution is 5.76. The average Bonchev–Trinajstić information content (AvgIpc) is 3.29. The summed E-state index contributed by atoms with van der Waals surface area (Å²) in [7, 11) is 0. The third-order valence-corrected chi connectivity index (χ3v) is 13.6. The lowest BCUT2D eigenvalue weighted by Crippen LogP contribution is -2.45. The molecule has 0 radical (unpaired) electrons. The van der Waals surface area contributed by atoms with Crippen LogP contribution in [0.5, 0.6) is 0 Å². The van der Waals surface area contributed by atoms with Crippen LogP contribution in [0, 0.1) is 0 Å². The van der Waals surface area contributed by atoms with E-state index in [1.807, 2.05) is 6.08 Å². The first-order valence-corrected chi connectivity index (χ1v) is 29.0. The number of hydrogen-bond donors (Lipinski definition) is 3. The second-order valence-corrected chi connectivity index (χ2v) is 20.0. The van der Waals surface area contributed by atoms with E-state index in [0.717, 1.165) is 38.5 Å². The third-order valence-electron chi connectivity index (χ3n) is 13.6. The molecule has 0 aliphatic carbocycles. The van der Waals surface area contributed by atoms with Crippen molar-refractivity contribution >= 4 is 11.9 Å². The Labute approximate surface area is 399 Å². The van der Waals surface area contributed by atoms with E-state index in [4.69, 9.17) is 4.74 Å². The van der Waals surface area contributed by atoms with Crippen LogP contribution in [-0.2, 0) is 14.3 Å². The lowest BCUT2D eigenvalue weighted by Gasteiger charge is -2.20. The predicted octanol–water partition coefficient (Wildman–Crippen LogP) is 17.7. The lowest BCUT2D eigenvalue weighted by atomic mass is 10.0. The minimum absolute atomic E-state index is 0.0176. The summed E-state index contributed by atoms with van der Waals surface area (Å²) in [6, 6.07) is -0.623. The van der Waals surface area contributed by atoms with E-state index in [9.17, 15) is 19.8 Å². The van der Waals surface area contributed by atoms with E-state index < -0.39 is 12.1 Å². The predicted molar refractivity (Wildman–Crippen MR) is 278 cm³/mol. The fourth-order valence-corrected chi connectivity index (χ4v) is 9.11. The van der Waals surface area contributed by atoms with Crippen LogP contribution in [0.1, 0.15) is 322 Å². The Kier molecular flexibility index (Phi) is 53.0. The molecule has 0 aromatic heterocycles. The summed E-state index contributed by atoms with van der Waals surface area (Å²) in [5, 5.41) is 22.9. The lowest BCUT2D eigenvalue weighted by molar-refractivity contribution is -0.143. The molecule has 64 heavy (non-hydrogen) atoms. The Morgan fingerprint density at radius 2 is 0.719 bits per heavy atom. The molecule has 6 heteroatoms. The van der Waals surface area contributed by atoms with Gasteiger partial charge in [0.25, 0.3) is 0 Å². The molecule has 0 aromatic carbocycles. The molecule has 0 rings (SSSR count). The molecule has 0 fully saturated rings. The Morgan fingerprint density at radius 1 is 0.422 bits per heavy atom. The number of rotatable bonds is 54. The minimum Gasteiger partial charge on any atom is -0.466 e. The van der Waals surface area contributed by atoms with E-state index in [1.54, 1.807) is 6.08 Å². The summed E-state index contributed by atoms with van der Waals surface area (Å²) in [5.41, 5.74) is 0. The number of hydrogen-bond acceptors (Lipinski definition) is 5. The Balaban J connectivity index is 3.33. The van der Waals surface area contributed by atoms with E-state index in [2.05, 4.69) is 19.2 Å². The Bertz CT molecular complexity index is 955. The number of aliphatic hydroxyl groups is 2. The molecular formula is C58H113NO5. The second kappa shape index (κ2) is 54.2. The van der Waals surface area contributed by atoms with Crippen molar-refractivity contribution in [2.75, 3.05) is 13.2 Å². The number of esters is 1. The first kappa shape index (κ1) is 62.6. The number of carbonyl (C=O) groups excluding carboxylic acids is 2. The van der Waals surface area contributed by atoms with E-state index in [1.165, 1.54) is 257 Å². The number of amides is 1. The first-order valence-electron chi connectivity index (χ1n) is 29.0. The fraction of sp³-hybridized carbons (Fsp3) is 0.931. The normalized spacial score (nSPS) is 12.6. The topological polar surface area (TPSA) is 95.9 Å². The van der Waals surface area contributed by atoms with Crippen molar-refractivity contribution in [1.29, 1.82) is 0 Å². The molecule has 6 nitrogen and oxygen atoms in total.